The fourth-order valence-corrected chi connectivity index (χ4v) is 9.42. The van der Waals surface area contributed by atoms with Crippen molar-refractivity contribution < 1.29 is 42.7 Å². The van der Waals surface area contributed by atoms with Crippen molar-refractivity contribution in [1.82, 2.24) is 0 Å². The van der Waals surface area contributed by atoms with Gasteiger partial charge in [0.15, 0.2) is 5.78 Å². The maximum Gasteiger partial charge on any atom is 0.193 e. The van der Waals surface area contributed by atoms with Gasteiger partial charge in [-0.05, 0) is 244 Å². The van der Waals surface area contributed by atoms with E-state index >= 15 is 0 Å². The highest BCUT2D eigenvalue weighted by molar-refractivity contribution is 6.14. The molecule has 21 rings (SSSR count). The molecule has 12 bridgehead atoms. The first-order valence-corrected chi connectivity index (χ1v) is 29.1. The average Bonchev–Trinajstić information content (AvgIpc) is 3.79. The van der Waals surface area contributed by atoms with E-state index in [1.165, 1.54) is 59.7 Å². The lowest BCUT2D eigenvalue weighted by molar-refractivity contribution is 0.103. The molecular weight excluding hydrogens is 1100 g/mol. The number of rotatable bonds is 4. The van der Waals surface area contributed by atoms with E-state index in [0.29, 0.717) is 35.8 Å². The Bertz CT molecular complexity index is 3930. The summed E-state index contributed by atoms with van der Waals surface area (Å²) in [6.07, 6.45) is 6.17. The molecular formula is C77H64F2N2O7. The summed E-state index contributed by atoms with van der Waals surface area (Å²) >= 11 is 0. The largest absolute Gasteiger partial charge is 0.508 e. The Kier molecular flexibility index (Phi) is 21.1. The number of aryl methyl sites for hydroxylation is 2. The van der Waals surface area contributed by atoms with Crippen LogP contribution in [0.1, 0.15) is 75.0 Å². The fraction of sp³-hybridized carbons (Fsp3) is 0.104. The SMILES string of the molecule is Fc1ccc(C(=Nc2ccccc2)c2ccc(F)cc2)cc1.O=C1c2ccc(cc2)CCCCOc2ccc(cc2)Oc2ccc1cc2.Oc1ccc(O)cc1.c1ccc(N=C2c3ccc(cc3)CCCCOc3ccc(cc3)Oc3ccc2cc3)cc1. The highest BCUT2D eigenvalue weighted by Crippen LogP contribution is 2.29. The van der Waals surface area contributed by atoms with Gasteiger partial charge < -0.3 is 29.2 Å². The molecule has 88 heavy (non-hydrogen) atoms. The Morgan fingerprint density at radius 2 is 0.693 bits per heavy atom. The molecule has 0 spiro atoms. The lowest BCUT2D eigenvalue weighted by Crippen LogP contribution is -2.03. The standard InChI is InChI=1S/C29H25NO2.C23H20O3.C19H13F2N.C6H6O2/c1-2-7-25(8-3-1)30-29-23-11-9-22(10-12-23)6-4-5-21-31-26-17-19-28(20-18-26)32-27-15-13-24(29)14-16-27;24-23-18-6-4-17(5-7-18)3-1-2-16-25-20-12-14-22(15-13-20)26-21-10-8-19(23)9-11-21;20-16-10-6-14(7-11-16)19(15-8-12-17(21)13-9-15)22-18-4-2-1-3-5-18;7-5-1-2-6(8)4-3-5/h1-3,7-20H,4-6,21H2;4-15H,1-3,16H2;1-13H;1-4,7-8H. The number of hydrogen-bond donors (Lipinski definition) is 2. The first-order chi connectivity index (χ1) is 43.1. The van der Waals surface area contributed by atoms with Gasteiger partial charge in [0.1, 0.15) is 57.6 Å². The monoisotopic (exact) mass is 1170 g/mol. The number of aliphatic imine (C=N–C) groups is 2. The van der Waals surface area contributed by atoms with Crippen molar-refractivity contribution in [3.05, 3.63) is 335 Å². The van der Waals surface area contributed by atoms with Gasteiger partial charge in [0, 0.05) is 33.4 Å². The maximum absolute atomic E-state index is 13.1. The Labute approximate surface area is 511 Å². The summed E-state index contributed by atoms with van der Waals surface area (Å²) in [6.45, 7) is 1.41. The predicted octanol–water partition coefficient (Wildman–Crippen LogP) is 19.0. The van der Waals surface area contributed by atoms with Crippen LogP contribution in [-0.4, -0.2) is 40.6 Å². The Morgan fingerprint density at radius 3 is 1.10 bits per heavy atom. The molecule has 0 unspecified atom stereocenters. The smallest absolute Gasteiger partial charge is 0.193 e. The van der Waals surface area contributed by atoms with E-state index in [4.69, 9.17) is 34.2 Å². The number of phenolic OH excluding ortho intramolecular Hbond substituents is 2. The molecule has 2 N–H and O–H groups in total. The minimum Gasteiger partial charge on any atom is -0.508 e. The molecule has 0 atom stereocenters. The number of ether oxygens (including phenoxy) is 4. The molecule has 9 nitrogen and oxygen atoms in total. The fourth-order valence-electron chi connectivity index (χ4n) is 9.42. The minimum absolute atomic E-state index is 0.0266. The molecule has 0 saturated heterocycles. The number of halogens is 2. The van der Waals surface area contributed by atoms with Crippen LogP contribution in [0, 0.1) is 11.6 Å². The number of carbonyl (C=O) groups is 1. The Morgan fingerprint density at radius 1 is 0.352 bits per heavy atom. The molecule has 10 heterocycles. The molecule has 11 aromatic carbocycles. The normalized spacial score (nSPS) is 13.0. The van der Waals surface area contributed by atoms with E-state index in [1.54, 1.807) is 36.4 Å². The van der Waals surface area contributed by atoms with Gasteiger partial charge in [0.2, 0.25) is 0 Å². The zero-order chi connectivity index (χ0) is 60.7. The number of fused-ring (bicyclic) bond motifs is 2. The zero-order valence-electron chi connectivity index (χ0n) is 48.3. The summed E-state index contributed by atoms with van der Waals surface area (Å²) < 4.78 is 49.8. The summed E-state index contributed by atoms with van der Waals surface area (Å²) in [6, 6.07) is 84.9. The van der Waals surface area contributed by atoms with E-state index < -0.39 is 0 Å². The number of ketones is 1. The van der Waals surface area contributed by atoms with Crippen LogP contribution in [0.15, 0.2) is 289 Å². The third-order valence-corrected chi connectivity index (χ3v) is 14.1. The predicted molar refractivity (Wildman–Crippen MR) is 345 cm³/mol. The van der Waals surface area contributed by atoms with Crippen LogP contribution in [0.4, 0.5) is 20.2 Å². The van der Waals surface area contributed by atoms with Gasteiger partial charge in [-0.2, -0.15) is 0 Å². The van der Waals surface area contributed by atoms with Crippen molar-refractivity contribution in [2.75, 3.05) is 13.2 Å². The van der Waals surface area contributed by atoms with Crippen molar-refractivity contribution in [2.45, 2.75) is 38.5 Å². The topological polar surface area (TPSA) is 119 Å². The molecule has 0 saturated carbocycles. The molecule has 0 aromatic heterocycles. The number of carbonyl (C=O) groups excluding carboxylic acids is 1. The van der Waals surface area contributed by atoms with Crippen LogP contribution in [-0.2, 0) is 12.8 Å². The minimum atomic E-state index is -0.304. The van der Waals surface area contributed by atoms with Crippen molar-refractivity contribution >= 4 is 28.6 Å². The first-order valence-electron chi connectivity index (χ1n) is 29.1. The Hall–Kier alpha value is -10.9. The van der Waals surface area contributed by atoms with Gasteiger partial charge in [0.25, 0.3) is 0 Å². The summed E-state index contributed by atoms with van der Waals surface area (Å²) in [5, 5.41) is 17.3. The number of nitrogens with zero attached hydrogens (tertiary/aromatic N) is 2. The number of phenols is 2. The molecule has 0 fully saturated rings. The second-order valence-electron chi connectivity index (χ2n) is 20.7. The number of aromatic hydroxyl groups is 2. The summed E-state index contributed by atoms with van der Waals surface area (Å²) in [5.41, 5.74) is 11.0. The highest BCUT2D eigenvalue weighted by Gasteiger charge is 2.13. The van der Waals surface area contributed by atoms with Crippen molar-refractivity contribution in [3.63, 3.8) is 0 Å². The molecule has 10 aliphatic heterocycles. The third-order valence-electron chi connectivity index (χ3n) is 14.1. The second kappa shape index (κ2) is 30.8. The van der Waals surface area contributed by atoms with Gasteiger partial charge in [-0.15, -0.1) is 0 Å². The van der Waals surface area contributed by atoms with Crippen LogP contribution >= 0.6 is 0 Å². The van der Waals surface area contributed by atoms with Crippen molar-refractivity contribution in [2.24, 2.45) is 9.98 Å². The van der Waals surface area contributed by atoms with Gasteiger partial charge in [-0.3, -0.25) is 4.79 Å². The first kappa shape index (κ1) is 60.2. The molecule has 0 amide bonds. The van der Waals surface area contributed by atoms with Gasteiger partial charge in [-0.1, -0.05) is 84.9 Å². The quantitative estimate of drug-likeness (QED) is 0.133. The number of para-hydroxylation sites is 2. The maximum atomic E-state index is 13.1. The lowest BCUT2D eigenvalue weighted by atomic mass is 9.99. The molecule has 11 aromatic rings. The van der Waals surface area contributed by atoms with E-state index in [2.05, 4.69) is 41.4 Å². The van der Waals surface area contributed by atoms with Crippen LogP contribution in [0.5, 0.6) is 46.0 Å². The summed E-state index contributed by atoms with van der Waals surface area (Å²) in [4.78, 5) is 22.3. The van der Waals surface area contributed by atoms with E-state index in [-0.39, 0.29) is 28.9 Å². The molecule has 0 aliphatic carbocycles. The molecule has 10 aliphatic rings. The lowest BCUT2D eigenvalue weighted by Gasteiger charge is -2.11. The van der Waals surface area contributed by atoms with Crippen LogP contribution in [0.3, 0.4) is 0 Å². The molecule has 438 valence electrons. The third kappa shape index (κ3) is 18.1. The van der Waals surface area contributed by atoms with Crippen molar-refractivity contribution in [3.8, 4) is 46.0 Å². The summed E-state index contributed by atoms with van der Waals surface area (Å²) in [7, 11) is 0. The van der Waals surface area contributed by atoms with Crippen LogP contribution < -0.4 is 18.9 Å². The van der Waals surface area contributed by atoms with Gasteiger partial charge in [-0.25, -0.2) is 18.8 Å². The Balaban J connectivity index is 0.000000139. The van der Waals surface area contributed by atoms with Crippen LogP contribution in [0.25, 0.3) is 0 Å². The van der Waals surface area contributed by atoms with Crippen LogP contribution in [0.2, 0.25) is 0 Å². The summed E-state index contributed by atoms with van der Waals surface area (Å²) in [5.74, 6) is 4.49. The number of hydrogen-bond acceptors (Lipinski definition) is 9. The van der Waals surface area contributed by atoms with E-state index in [9.17, 15) is 13.6 Å². The second-order valence-corrected chi connectivity index (χ2v) is 20.7. The van der Waals surface area contributed by atoms with E-state index in [1.807, 2.05) is 158 Å². The zero-order valence-corrected chi connectivity index (χ0v) is 48.3. The van der Waals surface area contributed by atoms with E-state index in [0.717, 1.165) is 107 Å². The van der Waals surface area contributed by atoms with Crippen molar-refractivity contribution in [1.29, 1.82) is 0 Å². The molecule has 0 radical (unpaired) electrons. The number of benzene rings is 11. The highest BCUT2D eigenvalue weighted by atomic mass is 19.1. The van der Waals surface area contributed by atoms with Gasteiger partial charge in [0.05, 0.1) is 36.0 Å². The average molecular weight is 1170 g/mol. The molecule has 11 heteroatoms. The van der Waals surface area contributed by atoms with Gasteiger partial charge >= 0.3 is 0 Å².